The minimum atomic E-state index is 0.208. The summed E-state index contributed by atoms with van der Waals surface area (Å²) in [6.07, 6.45) is 11.1. The molecule has 0 bridgehead atoms. The lowest BCUT2D eigenvalue weighted by atomic mass is 9.72. The fourth-order valence-electron chi connectivity index (χ4n) is 4.71. The van der Waals surface area contributed by atoms with E-state index in [1.54, 1.807) is 0 Å². The molecular weight excluding hydrogens is 300 g/mol. The fourth-order valence-corrected chi connectivity index (χ4v) is 6.19. The lowest BCUT2D eigenvalue weighted by Gasteiger charge is -2.58. The normalized spacial score (nSPS) is 35.3. The number of piperidine rings is 1. The van der Waals surface area contributed by atoms with Crippen LogP contribution < -0.4 is 16.1 Å². The Balaban J connectivity index is 2.22. The van der Waals surface area contributed by atoms with Crippen molar-refractivity contribution in [1.82, 2.24) is 21.1 Å². The Morgan fingerprint density at radius 1 is 1.00 bits per heavy atom. The molecule has 0 aromatic rings. The molecule has 1 saturated carbocycles. The molecule has 3 N–H and O–H groups in total. The molecule has 0 spiro atoms. The molecule has 0 amide bonds. The molecule has 4 atom stereocenters. The first-order valence-corrected chi connectivity index (χ1v) is 11.2. The Hall–Kier alpha value is 0.0569. The minimum absolute atomic E-state index is 0.208. The Morgan fingerprint density at radius 3 is 2.39 bits per heavy atom. The van der Waals surface area contributed by atoms with Crippen molar-refractivity contribution in [2.24, 2.45) is 11.8 Å². The van der Waals surface area contributed by atoms with E-state index in [1.807, 2.05) is 0 Å². The zero-order valence-electron chi connectivity index (χ0n) is 16.0. The van der Waals surface area contributed by atoms with Crippen LogP contribution in [-0.2, 0) is 0 Å². The quantitative estimate of drug-likeness (QED) is 0.559. The van der Waals surface area contributed by atoms with Crippen LogP contribution in [0.5, 0.6) is 0 Å². The molecule has 5 heteroatoms. The van der Waals surface area contributed by atoms with E-state index in [2.05, 4.69) is 41.8 Å². The van der Waals surface area contributed by atoms with Gasteiger partial charge in [0.05, 0.1) is 11.5 Å². The standard InChI is InChI=1S/C18H40N4Si/c1-4-11-19-17-14-15-9-7-8-10-16(15)18(23,20-12-5-2)22(17)21-13-6-3/h15-17,19-21H,4-14H2,1-3,23H3. The van der Waals surface area contributed by atoms with E-state index in [9.17, 15) is 0 Å². The number of rotatable bonds is 9. The first-order chi connectivity index (χ1) is 11.2. The van der Waals surface area contributed by atoms with Crippen LogP contribution in [0.25, 0.3) is 0 Å². The summed E-state index contributed by atoms with van der Waals surface area (Å²) in [4.78, 5) is 0. The number of hydrazine groups is 1. The first kappa shape index (κ1) is 19.4. The van der Waals surface area contributed by atoms with Gasteiger partial charge in [0, 0.05) is 16.8 Å². The van der Waals surface area contributed by atoms with Crippen molar-refractivity contribution in [3.63, 3.8) is 0 Å². The van der Waals surface area contributed by atoms with Crippen molar-refractivity contribution in [2.75, 3.05) is 19.6 Å². The van der Waals surface area contributed by atoms with Crippen molar-refractivity contribution >= 4 is 10.2 Å². The highest BCUT2D eigenvalue weighted by Gasteiger charge is 2.50. The largest absolute Gasteiger partial charge is 0.302 e. The van der Waals surface area contributed by atoms with Gasteiger partial charge in [0.25, 0.3) is 0 Å². The summed E-state index contributed by atoms with van der Waals surface area (Å²) in [5.41, 5.74) is 3.81. The fraction of sp³-hybridized carbons (Fsp3) is 1.00. The molecule has 136 valence electrons. The van der Waals surface area contributed by atoms with Crippen LogP contribution in [0.2, 0.25) is 0 Å². The third-order valence-electron chi connectivity index (χ3n) is 5.86. The Kier molecular flexibility index (Phi) is 8.02. The van der Waals surface area contributed by atoms with Gasteiger partial charge in [0.1, 0.15) is 0 Å². The highest BCUT2D eigenvalue weighted by atomic mass is 28.1. The van der Waals surface area contributed by atoms with Gasteiger partial charge in [-0.2, -0.15) is 0 Å². The average molecular weight is 341 g/mol. The smallest absolute Gasteiger partial charge is 0.0752 e. The number of nitrogens with one attached hydrogen (secondary N) is 3. The lowest BCUT2D eigenvalue weighted by molar-refractivity contribution is -0.102. The highest BCUT2D eigenvalue weighted by molar-refractivity contribution is 6.15. The molecule has 2 aliphatic rings. The van der Waals surface area contributed by atoms with E-state index < -0.39 is 0 Å². The van der Waals surface area contributed by atoms with Crippen LogP contribution in [0, 0.1) is 11.8 Å². The molecule has 1 heterocycles. The first-order valence-electron chi connectivity index (χ1n) is 10.2. The van der Waals surface area contributed by atoms with E-state index in [4.69, 9.17) is 0 Å². The second-order valence-corrected chi connectivity index (χ2v) is 9.23. The lowest BCUT2D eigenvalue weighted by Crippen LogP contribution is -2.76. The number of hydrogen-bond acceptors (Lipinski definition) is 4. The molecule has 4 nitrogen and oxygen atoms in total. The van der Waals surface area contributed by atoms with Crippen molar-refractivity contribution in [1.29, 1.82) is 0 Å². The van der Waals surface area contributed by atoms with Gasteiger partial charge in [0.2, 0.25) is 0 Å². The molecule has 4 unspecified atom stereocenters. The van der Waals surface area contributed by atoms with Gasteiger partial charge in [-0.05, 0) is 63.5 Å². The second kappa shape index (κ2) is 9.52. The van der Waals surface area contributed by atoms with Crippen molar-refractivity contribution < 1.29 is 0 Å². The van der Waals surface area contributed by atoms with Crippen LogP contribution in [0.1, 0.15) is 72.1 Å². The molecule has 23 heavy (non-hydrogen) atoms. The maximum atomic E-state index is 4.00. The summed E-state index contributed by atoms with van der Waals surface area (Å²) in [5, 5.41) is 10.7. The SMILES string of the molecule is CCCNC1CC2CCCCC2C([SiH3])(NCCC)N1NCCC. The summed E-state index contributed by atoms with van der Waals surface area (Å²) in [6, 6.07) is 0. The van der Waals surface area contributed by atoms with Gasteiger partial charge in [0.15, 0.2) is 0 Å². The Bertz CT molecular complexity index is 341. The molecule has 2 fully saturated rings. The van der Waals surface area contributed by atoms with Gasteiger partial charge in [-0.15, -0.1) is 0 Å². The zero-order chi connectivity index (χ0) is 16.7. The van der Waals surface area contributed by atoms with E-state index in [-0.39, 0.29) is 5.29 Å². The molecule has 1 aliphatic heterocycles. The summed E-state index contributed by atoms with van der Waals surface area (Å²) >= 11 is 0. The number of hydrogen-bond donors (Lipinski definition) is 3. The third kappa shape index (κ3) is 4.57. The molecule has 1 saturated heterocycles. The molecule has 0 aromatic carbocycles. The summed E-state index contributed by atoms with van der Waals surface area (Å²) in [7, 11) is 1.17. The van der Waals surface area contributed by atoms with Crippen LogP contribution >= 0.6 is 0 Å². The predicted molar refractivity (Wildman–Crippen MR) is 103 cm³/mol. The maximum absolute atomic E-state index is 4.00. The highest BCUT2D eigenvalue weighted by Crippen LogP contribution is 2.44. The van der Waals surface area contributed by atoms with Crippen LogP contribution in [-0.4, -0.2) is 46.3 Å². The molecule has 0 aromatic heterocycles. The monoisotopic (exact) mass is 340 g/mol. The second-order valence-electron chi connectivity index (χ2n) is 7.71. The number of fused-ring (bicyclic) bond motifs is 1. The van der Waals surface area contributed by atoms with E-state index in [1.165, 1.54) is 61.6 Å². The molecular formula is C18H40N4Si. The van der Waals surface area contributed by atoms with Gasteiger partial charge in [-0.3, -0.25) is 5.43 Å². The predicted octanol–water partition coefficient (Wildman–Crippen LogP) is 1.76. The van der Waals surface area contributed by atoms with Crippen LogP contribution in [0.3, 0.4) is 0 Å². The summed E-state index contributed by atoms with van der Waals surface area (Å²) in [5.74, 6) is 1.73. The van der Waals surface area contributed by atoms with Gasteiger partial charge < -0.3 is 10.6 Å². The van der Waals surface area contributed by atoms with Gasteiger partial charge >= 0.3 is 0 Å². The van der Waals surface area contributed by atoms with Gasteiger partial charge in [-0.1, -0.05) is 33.6 Å². The molecule has 2 rings (SSSR count). The number of nitrogens with zero attached hydrogens (tertiary/aromatic N) is 1. The molecule has 0 radical (unpaired) electrons. The van der Waals surface area contributed by atoms with E-state index in [0.717, 1.165) is 31.5 Å². The van der Waals surface area contributed by atoms with Crippen molar-refractivity contribution in [3.8, 4) is 0 Å². The summed E-state index contributed by atoms with van der Waals surface area (Å²) in [6.45, 7) is 10.2. The average Bonchev–Trinajstić information content (AvgIpc) is 2.57. The summed E-state index contributed by atoms with van der Waals surface area (Å²) < 4.78 is 0. The van der Waals surface area contributed by atoms with Crippen molar-refractivity contribution in [3.05, 3.63) is 0 Å². The van der Waals surface area contributed by atoms with Crippen LogP contribution in [0.4, 0.5) is 0 Å². The third-order valence-corrected chi connectivity index (χ3v) is 7.44. The Labute approximate surface area is 146 Å². The zero-order valence-corrected chi connectivity index (χ0v) is 18.0. The van der Waals surface area contributed by atoms with E-state index >= 15 is 0 Å². The van der Waals surface area contributed by atoms with E-state index in [0.29, 0.717) is 6.17 Å². The van der Waals surface area contributed by atoms with Crippen LogP contribution in [0.15, 0.2) is 0 Å². The Morgan fingerprint density at radius 2 is 1.70 bits per heavy atom. The van der Waals surface area contributed by atoms with Gasteiger partial charge in [-0.25, -0.2) is 5.01 Å². The van der Waals surface area contributed by atoms with Crippen molar-refractivity contribution in [2.45, 2.75) is 83.6 Å². The maximum Gasteiger partial charge on any atom is 0.0752 e. The topological polar surface area (TPSA) is 39.3 Å². The molecule has 1 aliphatic carbocycles. The minimum Gasteiger partial charge on any atom is -0.302 e.